The smallest absolute Gasteiger partial charge is 0.222 e. The van der Waals surface area contributed by atoms with Gasteiger partial charge in [-0.1, -0.05) is 79.4 Å². The number of hydrogen-bond donors (Lipinski definition) is 1. The number of likely N-dealkylation sites (tertiary alicyclic amines) is 1. The van der Waals surface area contributed by atoms with Crippen molar-refractivity contribution in [2.45, 2.75) is 71.0 Å². The molecule has 1 fully saturated rings. The Morgan fingerprint density at radius 2 is 2.00 bits per heavy atom. The van der Waals surface area contributed by atoms with Crippen LogP contribution in [-0.4, -0.2) is 56.9 Å². The predicted molar refractivity (Wildman–Crippen MR) is 160 cm³/mol. The zero-order chi connectivity index (χ0) is 28.0. The third-order valence-electron chi connectivity index (χ3n) is 6.61. The molecular formula is C31H43N5O2S. The summed E-state index contributed by atoms with van der Waals surface area (Å²) < 4.78 is 2.19. The lowest BCUT2D eigenvalue weighted by Crippen LogP contribution is -2.30. The van der Waals surface area contributed by atoms with Crippen molar-refractivity contribution in [3.63, 3.8) is 0 Å². The highest BCUT2D eigenvalue weighted by atomic mass is 32.2. The lowest BCUT2D eigenvalue weighted by atomic mass is 10.1. The molecule has 2 amide bonds. The molecule has 2 heterocycles. The summed E-state index contributed by atoms with van der Waals surface area (Å²) in [6.45, 7) is 13.3. The molecule has 0 aliphatic carbocycles. The molecule has 210 valence electrons. The van der Waals surface area contributed by atoms with E-state index in [1.54, 1.807) is 11.8 Å². The molecule has 0 spiro atoms. The van der Waals surface area contributed by atoms with Crippen LogP contribution in [0.1, 0.15) is 64.3 Å². The number of nitrogens with zero attached hydrogens (tertiary/aromatic N) is 4. The number of nitrogens with one attached hydrogen (secondary N) is 1. The van der Waals surface area contributed by atoms with Gasteiger partial charge in [-0.25, -0.2) is 0 Å². The SMILES string of the molecule is C=C(/C=C(C)\C=C/C)CSc1nnc(CCCCC(=O)NCCCN2CC(C)CC2=O)n1Cc1ccccc1. The van der Waals surface area contributed by atoms with Crippen molar-refractivity contribution >= 4 is 23.6 Å². The van der Waals surface area contributed by atoms with Crippen LogP contribution in [0.4, 0.5) is 0 Å². The highest BCUT2D eigenvalue weighted by molar-refractivity contribution is 7.99. The second-order valence-corrected chi connectivity index (χ2v) is 11.3. The number of allylic oxidation sites excluding steroid dienone is 4. The monoisotopic (exact) mass is 549 g/mol. The van der Waals surface area contributed by atoms with Crippen LogP contribution < -0.4 is 5.32 Å². The van der Waals surface area contributed by atoms with Crippen LogP contribution >= 0.6 is 11.8 Å². The first-order valence-electron chi connectivity index (χ1n) is 14.0. The molecule has 0 radical (unpaired) electrons. The van der Waals surface area contributed by atoms with Crippen LogP contribution in [0.5, 0.6) is 0 Å². The van der Waals surface area contributed by atoms with E-state index in [2.05, 4.69) is 64.8 Å². The Kier molecular flexibility index (Phi) is 12.5. The van der Waals surface area contributed by atoms with E-state index in [-0.39, 0.29) is 11.8 Å². The van der Waals surface area contributed by atoms with Crippen molar-refractivity contribution < 1.29 is 9.59 Å². The van der Waals surface area contributed by atoms with Crippen LogP contribution in [0.25, 0.3) is 0 Å². The molecule has 1 aliphatic rings. The van der Waals surface area contributed by atoms with E-state index >= 15 is 0 Å². The number of carbonyl (C=O) groups excluding carboxylic acids is 2. The van der Waals surface area contributed by atoms with Crippen molar-refractivity contribution in [2.75, 3.05) is 25.4 Å². The number of thioether (sulfide) groups is 1. The van der Waals surface area contributed by atoms with Crippen LogP contribution in [0.15, 0.2) is 71.4 Å². The van der Waals surface area contributed by atoms with Crippen molar-refractivity contribution in [2.24, 2.45) is 5.92 Å². The molecule has 3 rings (SSSR count). The standard InChI is InChI=1S/C31H43N5O2S/c1-5-12-24(2)19-26(4)23-39-31-34-33-28(36(31)22-27-13-7-6-8-14-27)15-9-10-16-29(37)32-17-11-18-35-21-25(3)20-30(35)38/h5-8,12-14,19,25H,4,9-11,15-18,20-23H2,1-3H3,(H,32,37)/b12-5-,24-19-. The maximum Gasteiger partial charge on any atom is 0.222 e. The number of hydrogen-bond acceptors (Lipinski definition) is 5. The van der Waals surface area contributed by atoms with Crippen LogP contribution in [-0.2, 0) is 22.6 Å². The molecule has 0 saturated carbocycles. The van der Waals surface area contributed by atoms with Gasteiger partial charge in [-0.3, -0.25) is 9.59 Å². The van der Waals surface area contributed by atoms with Gasteiger partial charge in [0, 0.05) is 44.6 Å². The Balaban J connectivity index is 1.46. The van der Waals surface area contributed by atoms with Crippen molar-refractivity contribution in [3.05, 3.63) is 77.7 Å². The molecule has 1 unspecified atom stereocenters. The van der Waals surface area contributed by atoms with Gasteiger partial charge in [0.25, 0.3) is 0 Å². The van der Waals surface area contributed by atoms with E-state index in [0.717, 1.165) is 61.1 Å². The minimum absolute atomic E-state index is 0.0675. The van der Waals surface area contributed by atoms with Crippen LogP contribution in [0.2, 0.25) is 0 Å². The number of rotatable bonds is 16. The first kappa shape index (κ1) is 30.4. The van der Waals surface area contributed by atoms with Gasteiger partial charge in [-0.2, -0.15) is 0 Å². The minimum Gasteiger partial charge on any atom is -0.356 e. The van der Waals surface area contributed by atoms with E-state index in [0.29, 0.717) is 31.8 Å². The Bertz CT molecular complexity index is 1150. The lowest BCUT2D eigenvalue weighted by molar-refractivity contribution is -0.127. The third-order valence-corrected chi connectivity index (χ3v) is 7.69. The van der Waals surface area contributed by atoms with E-state index in [4.69, 9.17) is 0 Å². The van der Waals surface area contributed by atoms with Gasteiger partial charge in [0.15, 0.2) is 5.16 Å². The van der Waals surface area contributed by atoms with Crippen LogP contribution in [0.3, 0.4) is 0 Å². The maximum absolute atomic E-state index is 12.3. The van der Waals surface area contributed by atoms with Crippen LogP contribution in [0, 0.1) is 5.92 Å². The van der Waals surface area contributed by atoms with E-state index in [1.807, 2.05) is 36.1 Å². The zero-order valence-corrected chi connectivity index (χ0v) is 24.5. The summed E-state index contributed by atoms with van der Waals surface area (Å²) in [4.78, 5) is 26.1. The molecule has 8 heteroatoms. The first-order valence-corrected chi connectivity index (χ1v) is 15.0. The lowest BCUT2D eigenvalue weighted by Gasteiger charge is -2.16. The second-order valence-electron chi connectivity index (χ2n) is 10.4. The fourth-order valence-electron chi connectivity index (χ4n) is 4.71. The molecule has 39 heavy (non-hydrogen) atoms. The zero-order valence-electron chi connectivity index (χ0n) is 23.7. The first-order chi connectivity index (χ1) is 18.9. The molecule has 1 aliphatic heterocycles. The molecule has 1 aromatic carbocycles. The minimum atomic E-state index is 0.0675. The van der Waals surface area contributed by atoms with Crippen molar-refractivity contribution in [1.29, 1.82) is 0 Å². The molecule has 1 N–H and O–H groups in total. The largest absolute Gasteiger partial charge is 0.356 e. The van der Waals surface area contributed by atoms with Gasteiger partial charge in [-0.15, -0.1) is 10.2 Å². The number of carbonyl (C=O) groups is 2. The summed E-state index contributed by atoms with van der Waals surface area (Å²) in [6.07, 6.45) is 10.6. The average Bonchev–Trinajstić information content (AvgIpc) is 3.44. The van der Waals surface area contributed by atoms with Gasteiger partial charge >= 0.3 is 0 Å². The summed E-state index contributed by atoms with van der Waals surface area (Å²) in [6, 6.07) is 10.3. The predicted octanol–water partition coefficient (Wildman–Crippen LogP) is 5.58. The quantitative estimate of drug-likeness (QED) is 0.168. The summed E-state index contributed by atoms with van der Waals surface area (Å²) >= 11 is 1.65. The Morgan fingerprint density at radius 1 is 1.21 bits per heavy atom. The Morgan fingerprint density at radius 3 is 2.72 bits per heavy atom. The van der Waals surface area contributed by atoms with E-state index in [1.165, 1.54) is 11.1 Å². The summed E-state index contributed by atoms with van der Waals surface area (Å²) in [5, 5.41) is 12.9. The summed E-state index contributed by atoms with van der Waals surface area (Å²) in [5.41, 5.74) is 3.42. The fraction of sp³-hybridized carbons (Fsp3) is 0.484. The highest BCUT2D eigenvalue weighted by Gasteiger charge is 2.25. The maximum atomic E-state index is 12.3. The Labute approximate surface area is 237 Å². The second kappa shape index (κ2) is 16.1. The molecule has 1 atom stereocenters. The fourth-order valence-corrected chi connectivity index (χ4v) is 5.53. The summed E-state index contributed by atoms with van der Waals surface area (Å²) in [7, 11) is 0. The highest BCUT2D eigenvalue weighted by Crippen LogP contribution is 2.23. The third kappa shape index (κ3) is 10.5. The number of aromatic nitrogens is 3. The van der Waals surface area contributed by atoms with Crippen molar-refractivity contribution in [1.82, 2.24) is 25.0 Å². The van der Waals surface area contributed by atoms with Gasteiger partial charge < -0.3 is 14.8 Å². The molecule has 2 aromatic rings. The molecular weight excluding hydrogens is 506 g/mol. The van der Waals surface area contributed by atoms with Crippen molar-refractivity contribution in [3.8, 4) is 0 Å². The molecule has 1 saturated heterocycles. The summed E-state index contributed by atoms with van der Waals surface area (Å²) in [5.74, 6) is 2.42. The molecule has 1 aromatic heterocycles. The number of unbranched alkanes of at least 4 members (excludes halogenated alkanes) is 1. The van der Waals surface area contributed by atoms with E-state index in [9.17, 15) is 9.59 Å². The number of amides is 2. The average molecular weight is 550 g/mol. The van der Waals surface area contributed by atoms with Gasteiger partial charge in [0.1, 0.15) is 5.82 Å². The molecule has 7 nitrogen and oxygen atoms in total. The van der Waals surface area contributed by atoms with Gasteiger partial charge in [-0.05, 0) is 50.2 Å². The van der Waals surface area contributed by atoms with Gasteiger partial charge in [0.05, 0.1) is 6.54 Å². The van der Waals surface area contributed by atoms with E-state index < -0.39 is 0 Å². The molecule has 0 bridgehead atoms. The van der Waals surface area contributed by atoms with Gasteiger partial charge in [0.2, 0.25) is 11.8 Å². The topological polar surface area (TPSA) is 80.1 Å². The normalized spacial score (nSPS) is 15.9. The number of aryl methyl sites for hydroxylation is 1. The number of benzene rings is 1. The Hall–Kier alpha value is -3.13.